The molecule has 6 nitrogen and oxygen atoms in total. The molecule has 0 fully saturated rings. The normalized spacial score (nSPS) is 14.1. The number of unbranched alkanes of at least 4 members (excludes halogenated alkanes) is 18. The van der Waals surface area contributed by atoms with E-state index in [0.717, 1.165) is 77.0 Å². The van der Waals surface area contributed by atoms with Crippen LogP contribution in [-0.2, 0) is 14.9 Å². The van der Waals surface area contributed by atoms with Crippen LogP contribution in [0.3, 0.4) is 0 Å². The maximum Gasteiger partial charge on any atom is 0.267 e. The monoisotopic (exact) mass is 772 g/mol. The maximum absolute atomic E-state index is 12.5. The Balaban J connectivity index is 4.01. The third-order valence-corrected chi connectivity index (χ3v) is 10.1. The van der Waals surface area contributed by atoms with Crippen LogP contribution in [0.4, 0.5) is 0 Å². The summed E-state index contributed by atoms with van der Waals surface area (Å²) in [7, 11) is -4.37. The van der Waals surface area contributed by atoms with E-state index in [4.69, 9.17) is 0 Å². The van der Waals surface area contributed by atoms with Gasteiger partial charge in [0.2, 0.25) is 5.91 Å². The van der Waals surface area contributed by atoms with Crippen molar-refractivity contribution in [1.29, 1.82) is 0 Å². The minimum absolute atomic E-state index is 0.261. The highest BCUT2D eigenvalue weighted by molar-refractivity contribution is 7.85. The Kier molecular flexibility index (Phi) is 38.3. The number of amides is 1. The van der Waals surface area contributed by atoms with Gasteiger partial charge in [0.25, 0.3) is 10.1 Å². The Bertz CT molecular complexity index is 1160. The van der Waals surface area contributed by atoms with Gasteiger partial charge in [0.1, 0.15) is 0 Å². The zero-order valence-electron chi connectivity index (χ0n) is 34.6. The topological polar surface area (TPSA) is 104 Å². The lowest BCUT2D eigenvalue weighted by atomic mass is 10.0. The summed E-state index contributed by atoms with van der Waals surface area (Å²) in [5, 5.41) is 13.2. The summed E-state index contributed by atoms with van der Waals surface area (Å²) >= 11 is 0. The molecule has 0 aromatic carbocycles. The smallest absolute Gasteiger partial charge is 0.267 e. The van der Waals surface area contributed by atoms with E-state index in [1.165, 1.54) is 83.1 Å². The predicted octanol–water partition coefficient (Wildman–Crippen LogP) is 13.2. The molecule has 0 aromatic heterocycles. The summed E-state index contributed by atoms with van der Waals surface area (Å²) in [5.74, 6) is -1.03. The van der Waals surface area contributed by atoms with Gasteiger partial charge in [-0.1, -0.05) is 189 Å². The molecule has 0 bridgehead atoms. The number of carbonyl (C=O) groups is 1. The molecule has 2 atom stereocenters. The van der Waals surface area contributed by atoms with Crippen molar-refractivity contribution in [2.24, 2.45) is 0 Å². The van der Waals surface area contributed by atoms with Crippen LogP contribution in [0, 0.1) is 0 Å². The van der Waals surface area contributed by atoms with Crippen LogP contribution in [0.15, 0.2) is 85.1 Å². The first-order valence-electron chi connectivity index (χ1n) is 21.8. The largest absolute Gasteiger partial charge is 0.387 e. The van der Waals surface area contributed by atoms with Crippen molar-refractivity contribution in [3.8, 4) is 0 Å². The van der Waals surface area contributed by atoms with Crippen molar-refractivity contribution >= 4 is 16.0 Å². The molecule has 0 spiro atoms. The third-order valence-electron chi connectivity index (χ3n) is 9.31. The summed E-state index contributed by atoms with van der Waals surface area (Å²) in [6, 6.07) is -1.09. The fourth-order valence-corrected chi connectivity index (χ4v) is 6.81. The highest BCUT2D eigenvalue weighted by atomic mass is 32.2. The van der Waals surface area contributed by atoms with Gasteiger partial charge in [-0.15, -0.1) is 0 Å². The van der Waals surface area contributed by atoms with Gasteiger partial charge in [0, 0.05) is 6.42 Å². The number of hydrogen-bond donors (Lipinski definition) is 3. The first-order chi connectivity index (χ1) is 26.3. The lowest BCUT2D eigenvalue weighted by Crippen LogP contribution is -2.46. The molecule has 3 N–H and O–H groups in total. The van der Waals surface area contributed by atoms with Gasteiger partial charge >= 0.3 is 0 Å². The number of hydrogen-bond acceptors (Lipinski definition) is 4. The summed E-state index contributed by atoms with van der Waals surface area (Å²) in [4.78, 5) is 12.5. The molecule has 54 heavy (non-hydrogen) atoms. The lowest BCUT2D eigenvalue weighted by Gasteiger charge is -2.21. The number of allylic oxidation sites excluding steroid dienone is 13. The molecule has 2 unspecified atom stereocenters. The first kappa shape index (κ1) is 51.5. The van der Waals surface area contributed by atoms with E-state index in [9.17, 15) is 22.9 Å². The molecule has 7 heteroatoms. The van der Waals surface area contributed by atoms with E-state index < -0.39 is 28.0 Å². The molecule has 0 radical (unpaired) electrons. The predicted molar refractivity (Wildman–Crippen MR) is 234 cm³/mol. The minimum atomic E-state index is -4.37. The Morgan fingerprint density at radius 3 is 1.39 bits per heavy atom. The highest BCUT2D eigenvalue weighted by Crippen LogP contribution is 2.13. The van der Waals surface area contributed by atoms with Gasteiger partial charge in [-0.3, -0.25) is 9.35 Å². The van der Waals surface area contributed by atoms with Crippen LogP contribution in [0.5, 0.6) is 0 Å². The van der Waals surface area contributed by atoms with Crippen LogP contribution in [-0.4, -0.2) is 41.9 Å². The summed E-state index contributed by atoms with van der Waals surface area (Å²) < 4.78 is 32.5. The first-order valence-corrected chi connectivity index (χ1v) is 23.4. The van der Waals surface area contributed by atoms with Gasteiger partial charge in [0.05, 0.1) is 17.9 Å². The average Bonchev–Trinajstić information content (AvgIpc) is 3.14. The van der Waals surface area contributed by atoms with E-state index in [0.29, 0.717) is 12.8 Å². The van der Waals surface area contributed by atoms with Crippen molar-refractivity contribution in [3.63, 3.8) is 0 Å². The number of nitrogens with one attached hydrogen (secondary N) is 1. The van der Waals surface area contributed by atoms with Crippen LogP contribution in [0.25, 0.3) is 0 Å². The molecule has 310 valence electrons. The maximum atomic E-state index is 12.5. The van der Waals surface area contributed by atoms with Gasteiger partial charge in [-0.05, 0) is 77.0 Å². The summed E-state index contributed by atoms with van der Waals surface area (Å²) in [6.07, 6.45) is 58.5. The molecule has 1 amide bonds. The van der Waals surface area contributed by atoms with Crippen molar-refractivity contribution in [2.75, 3.05) is 5.75 Å². The third kappa shape index (κ3) is 40.7. The molecule has 0 aliphatic carbocycles. The minimum Gasteiger partial charge on any atom is -0.387 e. The van der Waals surface area contributed by atoms with Gasteiger partial charge in [0.15, 0.2) is 0 Å². The molecule has 0 aliphatic heterocycles. The van der Waals surface area contributed by atoms with Gasteiger partial charge < -0.3 is 10.4 Å². The molecule has 0 aromatic rings. The highest BCUT2D eigenvalue weighted by Gasteiger charge is 2.24. The van der Waals surface area contributed by atoms with E-state index in [-0.39, 0.29) is 12.3 Å². The second kappa shape index (κ2) is 40.2. The van der Waals surface area contributed by atoms with Gasteiger partial charge in [-0.2, -0.15) is 8.42 Å². The second-order valence-corrected chi connectivity index (χ2v) is 16.1. The molecule has 0 rings (SSSR count). The molecule has 0 saturated heterocycles. The van der Waals surface area contributed by atoms with Crippen molar-refractivity contribution < 1.29 is 22.9 Å². The Hall–Kier alpha value is -2.48. The van der Waals surface area contributed by atoms with Gasteiger partial charge in [-0.25, -0.2) is 0 Å². The SMILES string of the molecule is CC/C=C\C/C=C\C/C=C\C/C=C\C/C=C\CCCCCCCC(=O)NC(CS(=O)(=O)O)C(O)/C=C/CC/C=C/CCCCCCCCCCCCCC. The zero-order valence-corrected chi connectivity index (χ0v) is 35.4. The number of aliphatic hydroxyl groups is 1. The summed E-state index contributed by atoms with van der Waals surface area (Å²) in [6.45, 7) is 4.41. The van der Waals surface area contributed by atoms with Crippen molar-refractivity contribution in [2.45, 2.75) is 199 Å². The molecular formula is C47H81NO5S. The second-order valence-electron chi connectivity index (χ2n) is 14.6. The fraction of sp³-hybridized carbons (Fsp3) is 0.681. The van der Waals surface area contributed by atoms with Crippen molar-refractivity contribution in [3.05, 3.63) is 85.1 Å². The average molecular weight is 772 g/mol. The van der Waals surface area contributed by atoms with Crippen LogP contribution in [0.1, 0.15) is 187 Å². The van der Waals surface area contributed by atoms with Crippen molar-refractivity contribution in [1.82, 2.24) is 5.32 Å². The van der Waals surface area contributed by atoms with Crippen LogP contribution < -0.4 is 5.32 Å². The standard InChI is InChI=1S/C47H81NO5S/c1-3-5-7-9-11-13-15-17-19-21-23-24-25-27-29-31-33-35-37-39-41-43-47(50)48-45(44-54(51,52)53)46(49)42-40-38-36-34-32-30-28-26-22-20-18-16-14-12-10-8-6-4-2/h5,7,11,13,17,19,23-24,27,29,32,34,40,42,45-46,49H,3-4,6,8-10,12,14-16,18,20-22,25-26,28,30-31,33,35-39,41,43-44H2,1-2H3,(H,48,50)(H,51,52,53)/b7-5-,13-11-,19-17-,24-23-,29-27-,34-32+,42-40+. The number of carbonyl (C=O) groups excluding carboxylic acids is 1. The molecule has 0 saturated carbocycles. The van der Waals surface area contributed by atoms with Crippen LogP contribution >= 0.6 is 0 Å². The zero-order chi connectivity index (χ0) is 39.6. The Morgan fingerprint density at radius 1 is 0.519 bits per heavy atom. The fourth-order valence-electron chi connectivity index (χ4n) is 6.08. The van der Waals surface area contributed by atoms with E-state index in [2.05, 4.69) is 92.1 Å². The van der Waals surface area contributed by atoms with E-state index in [1.807, 2.05) is 6.08 Å². The quantitative estimate of drug-likeness (QED) is 0.0329. The molecular weight excluding hydrogens is 691 g/mol. The molecule has 0 aliphatic rings. The number of aliphatic hydroxyl groups excluding tert-OH is 1. The number of rotatable bonds is 38. The van der Waals surface area contributed by atoms with E-state index >= 15 is 0 Å². The Morgan fingerprint density at radius 2 is 0.907 bits per heavy atom. The summed E-state index contributed by atoms with van der Waals surface area (Å²) in [5.41, 5.74) is 0. The Labute approximate surface area is 333 Å². The van der Waals surface area contributed by atoms with Crippen LogP contribution in [0.2, 0.25) is 0 Å². The van der Waals surface area contributed by atoms with E-state index in [1.54, 1.807) is 0 Å². The molecule has 0 heterocycles. The lowest BCUT2D eigenvalue weighted by molar-refractivity contribution is -0.122.